The van der Waals surface area contributed by atoms with E-state index < -0.39 is 0 Å². The van der Waals surface area contributed by atoms with Crippen LogP contribution >= 0.6 is 0 Å². The highest BCUT2D eigenvalue weighted by Crippen LogP contribution is 2.38. The first-order valence-corrected chi connectivity index (χ1v) is 12.0. The van der Waals surface area contributed by atoms with Crippen molar-refractivity contribution in [2.45, 2.75) is 89.3 Å². The number of likely N-dealkylation sites (tertiary alicyclic amines) is 1. The maximum Gasteiger partial charge on any atom is 0.225 e. The second kappa shape index (κ2) is 9.01. The van der Waals surface area contributed by atoms with E-state index in [4.69, 9.17) is 4.74 Å². The summed E-state index contributed by atoms with van der Waals surface area (Å²) in [4.78, 5) is 20.4. The van der Waals surface area contributed by atoms with Crippen molar-refractivity contribution in [3.8, 4) is 0 Å². The van der Waals surface area contributed by atoms with Crippen molar-refractivity contribution in [2.75, 3.05) is 45.9 Å². The number of piperidine rings is 1. The number of rotatable bonds is 3. The predicted octanol–water partition coefficient (Wildman–Crippen LogP) is 3.13. The van der Waals surface area contributed by atoms with Crippen LogP contribution in [0, 0.1) is 5.92 Å². The standard InChI is InChI=1S/C23H41N3O2/c1-19(2)24-13-15-25(16-14-24)21-8-17-28-23(18-21)9-11-26(12-10-23)22(27)20-6-4-3-5-7-20/h19-21H,3-18H2,1-2H3. The zero-order valence-electron chi connectivity index (χ0n) is 18.2. The Morgan fingerprint density at radius 1 is 0.929 bits per heavy atom. The molecule has 28 heavy (non-hydrogen) atoms. The maximum atomic E-state index is 12.9. The molecular weight excluding hydrogens is 350 g/mol. The average Bonchev–Trinajstić information content (AvgIpc) is 2.74. The molecule has 4 fully saturated rings. The van der Waals surface area contributed by atoms with E-state index in [1.165, 1.54) is 58.3 Å². The Kier molecular flexibility index (Phi) is 6.63. The molecule has 4 rings (SSSR count). The summed E-state index contributed by atoms with van der Waals surface area (Å²) >= 11 is 0. The summed E-state index contributed by atoms with van der Waals surface area (Å²) in [5.74, 6) is 0.742. The molecule has 3 aliphatic heterocycles. The van der Waals surface area contributed by atoms with Gasteiger partial charge in [-0.1, -0.05) is 19.3 Å². The third-order valence-electron chi connectivity index (χ3n) is 8.00. The molecule has 0 bridgehead atoms. The first-order chi connectivity index (χ1) is 13.6. The van der Waals surface area contributed by atoms with Crippen LogP contribution in [-0.4, -0.2) is 84.2 Å². The predicted molar refractivity (Wildman–Crippen MR) is 112 cm³/mol. The minimum Gasteiger partial charge on any atom is -0.375 e. The van der Waals surface area contributed by atoms with Gasteiger partial charge in [-0.15, -0.1) is 0 Å². The number of carbonyl (C=O) groups excluding carboxylic acids is 1. The fourth-order valence-electron chi connectivity index (χ4n) is 6.02. The molecule has 0 aromatic rings. The number of piperazine rings is 1. The molecule has 4 aliphatic rings. The summed E-state index contributed by atoms with van der Waals surface area (Å²) in [6, 6.07) is 1.33. The van der Waals surface area contributed by atoms with Gasteiger partial charge in [-0.05, 0) is 52.4 Å². The molecule has 5 heteroatoms. The summed E-state index contributed by atoms with van der Waals surface area (Å²) in [5.41, 5.74) is 0.0292. The molecule has 3 saturated heterocycles. The molecule has 1 spiro atoms. The lowest BCUT2D eigenvalue weighted by molar-refractivity contribution is -0.153. The van der Waals surface area contributed by atoms with Gasteiger partial charge in [-0.25, -0.2) is 0 Å². The summed E-state index contributed by atoms with van der Waals surface area (Å²) < 4.78 is 6.39. The third-order valence-corrected chi connectivity index (χ3v) is 8.00. The topological polar surface area (TPSA) is 36.0 Å². The van der Waals surface area contributed by atoms with Crippen LogP contribution < -0.4 is 0 Å². The van der Waals surface area contributed by atoms with Crippen LogP contribution in [0.15, 0.2) is 0 Å². The van der Waals surface area contributed by atoms with E-state index in [2.05, 4.69) is 28.5 Å². The van der Waals surface area contributed by atoms with Gasteiger partial charge < -0.3 is 9.64 Å². The van der Waals surface area contributed by atoms with Crippen LogP contribution in [0.3, 0.4) is 0 Å². The van der Waals surface area contributed by atoms with Crippen molar-refractivity contribution in [1.82, 2.24) is 14.7 Å². The van der Waals surface area contributed by atoms with Crippen molar-refractivity contribution in [1.29, 1.82) is 0 Å². The first kappa shape index (κ1) is 20.6. The molecule has 1 aliphatic carbocycles. The van der Waals surface area contributed by atoms with Crippen molar-refractivity contribution in [3.63, 3.8) is 0 Å². The fourth-order valence-corrected chi connectivity index (χ4v) is 6.02. The Balaban J connectivity index is 1.28. The van der Waals surface area contributed by atoms with E-state index in [1.807, 2.05) is 0 Å². The molecular formula is C23H41N3O2. The molecule has 0 N–H and O–H groups in total. The van der Waals surface area contributed by atoms with Gasteiger partial charge in [0.25, 0.3) is 0 Å². The van der Waals surface area contributed by atoms with E-state index in [1.54, 1.807) is 0 Å². The lowest BCUT2D eigenvalue weighted by Crippen LogP contribution is -2.58. The molecule has 0 radical (unpaired) electrons. The van der Waals surface area contributed by atoms with Crippen molar-refractivity contribution in [2.24, 2.45) is 5.92 Å². The van der Waals surface area contributed by atoms with Crippen LogP contribution in [0.1, 0.15) is 71.6 Å². The minimum absolute atomic E-state index is 0.0292. The van der Waals surface area contributed by atoms with Crippen molar-refractivity contribution in [3.05, 3.63) is 0 Å². The minimum atomic E-state index is 0.0292. The van der Waals surface area contributed by atoms with E-state index in [-0.39, 0.29) is 5.60 Å². The Bertz CT molecular complexity index is 516. The van der Waals surface area contributed by atoms with Gasteiger partial charge in [-0.3, -0.25) is 14.6 Å². The molecule has 5 nitrogen and oxygen atoms in total. The molecule has 0 aromatic carbocycles. The molecule has 1 atom stereocenters. The van der Waals surface area contributed by atoms with Gasteiger partial charge in [0.15, 0.2) is 0 Å². The number of ether oxygens (including phenoxy) is 1. The van der Waals surface area contributed by atoms with Crippen LogP contribution in [0.25, 0.3) is 0 Å². The highest BCUT2D eigenvalue weighted by molar-refractivity contribution is 5.79. The largest absolute Gasteiger partial charge is 0.375 e. The van der Waals surface area contributed by atoms with Gasteiger partial charge >= 0.3 is 0 Å². The van der Waals surface area contributed by atoms with E-state index >= 15 is 0 Å². The lowest BCUT2D eigenvalue weighted by atomic mass is 9.81. The number of hydrogen-bond acceptors (Lipinski definition) is 4. The number of nitrogens with zero attached hydrogens (tertiary/aromatic N) is 3. The van der Waals surface area contributed by atoms with Gasteiger partial charge in [0, 0.05) is 63.9 Å². The third kappa shape index (κ3) is 4.57. The quantitative estimate of drug-likeness (QED) is 0.741. The SMILES string of the molecule is CC(C)N1CCN(C2CCOC3(CCN(C(=O)C4CCCCC4)CC3)C2)CC1. The second-order valence-corrected chi connectivity index (χ2v) is 10.0. The lowest BCUT2D eigenvalue weighted by Gasteiger charge is -2.50. The molecule has 1 saturated carbocycles. The van der Waals surface area contributed by atoms with Gasteiger partial charge in [0.2, 0.25) is 5.91 Å². The summed E-state index contributed by atoms with van der Waals surface area (Å²) in [7, 11) is 0. The summed E-state index contributed by atoms with van der Waals surface area (Å²) in [6.07, 6.45) is 10.4. The molecule has 160 valence electrons. The van der Waals surface area contributed by atoms with Gasteiger partial charge in [0.05, 0.1) is 5.60 Å². The Morgan fingerprint density at radius 2 is 1.61 bits per heavy atom. The fraction of sp³-hybridized carbons (Fsp3) is 0.957. The smallest absolute Gasteiger partial charge is 0.225 e. The van der Waals surface area contributed by atoms with E-state index in [0.717, 1.165) is 45.4 Å². The second-order valence-electron chi connectivity index (χ2n) is 10.0. The van der Waals surface area contributed by atoms with Gasteiger partial charge in [-0.2, -0.15) is 0 Å². The monoisotopic (exact) mass is 391 g/mol. The van der Waals surface area contributed by atoms with Crippen LogP contribution in [0.2, 0.25) is 0 Å². The normalized spacial score (nSPS) is 30.8. The first-order valence-electron chi connectivity index (χ1n) is 12.0. The Hall–Kier alpha value is -0.650. The molecule has 1 amide bonds. The van der Waals surface area contributed by atoms with Gasteiger partial charge in [0.1, 0.15) is 0 Å². The van der Waals surface area contributed by atoms with E-state index in [0.29, 0.717) is 23.9 Å². The van der Waals surface area contributed by atoms with Crippen LogP contribution in [0.4, 0.5) is 0 Å². The number of amides is 1. The molecule has 1 unspecified atom stereocenters. The zero-order chi connectivity index (χ0) is 19.6. The van der Waals surface area contributed by atoms with Crippen LogP contribution in [-0.2, 0) is 9.53 Å². The Morgan fingerprint density at radius 3 is 2.25 bits per heavy atom. The number of hydrogen-bond donors (Lipinski definition) is 0. The summed E-state index contributed by atoms with van der Waals surface area (Å²) in [5, 5.41) is 0. The maximum absolute atomic E-state index is 12.9. The van der Waals surface area contributed by atoms with Crippen LogP contribution in [0.5, 0.6) is 0 Å². The molecule has 0 aromatic heterocycles. The average molecular weight is 392 g/mol. The summed E-state index contributed by atoms with van der Waals surface area (Å²) in [6.45, 7) is 12.1. The van der Waals surface area contributed by atoms with Crippen molar-refractivity contribution < 1.29 is 9.53 Å². The molecule has 3 heterocycles. The highest BCUT2D eigenvalue weighted by atomic mass is 16.5. The zero-order valence-corrected chi connectivity index (χ0v) is 18.2. The Labute approximate surface area is 171 Å². The highest BCUT2D eigenvalue weighted by Gasteiger charge is 2.43. The number of carbonyl (C=O) groups is 1. The van der Waals surface area contributed by atoms with E-state index in [9.17, 15) is 4.79 Å². The van der Waals surface area contributed by atoms with Crippen molar-refractivity contribution >= 4 is 5.91 Å².